The summed E-state index contributed by atoms with van der Waals surface area (Å²) in [5.74, 6) is 1.63. The van der Waals surface area contributed by atoms with E-state index in [1.54, 1.807) is 0 Å². The molecule has 20 heavy (non-hydrogen) atoms. The molecule has 2 aromatic rings. The molecule has 2 aromatic carbocycles. The molecular weight excluding hydrogens is 452 g/mol. The zero-order valence-electron chi connectivity index (χ0n) is 10.4. The van der Waals surface area contributed by atoms with E-state index in [-0.39, 0.29) is 4.83 Å². The quantitative estimate of drug-likeness (QED) is 0.551. The van der Waals surface area contributed by atoms with E-state index in [4.69, 9.17) is 9.47 Å². The number of alkyl halides is 1. The Morgan fingerprint density at radius 2 is 1.45 bits per heavy atom. The van der Waals surface area contributed by atoms with Crippen LogP contribution in [0.1, 0.15) is 16.0 Å². The first-order valence-electron chi connectivity index (χ1n) is 6.13. The lowest BCUT2D eigenvalue weighted by Crippen LogP contribution is -2.15. The molecule has 3 rings (SSSR count). The highest BCUT2D eigenvalue weighted by Gasteiger charge is 2.17. The maximum atomic E-state index is 5.63. The third kappa shape index (κ3) is 3.05. The van der Waals surface area contributed by atoms with E-state index in [0.29, 0.717) is 13.2 Å². The van der Waals surface area contributed by atoms with Gasteiger partial charge in [-0.25, -0.2) is 0 Å². The van der Waals surface area contributed by atoms with Crippen LogP contribution in [0.2, 0.25) is 0 Å². The van der Waals surface area contributed by atoms with Crippen LogP contribution in [-0.2, 0) is 0 Å². The highest BCUT2D eigenvalue weighted by molar-refractivity contribution is 9.11. The van der Waals surface area contributed by atoms with Crippen LogP contribution in [0.4, 0.5) is 0 Å². The predicted octanol–water partition coefficient (Wildman–Crippen LogP) is 5.47. The first-order valence-corrected chi connectivity index (χ1v) is 8.63. The van der Waals surface area contributed by atoms with Crippen molar-refractivity contribution >= 4 is 47.8 Å². The first kappa shape index (κ1) is 14.4. The smallest absolute Gasteiger partial charge is 0.161 e. The number of hydrogen-bond acceptors (Lipinski definition) is 2. The van der Waals surface area contributed by atoms with Crippen LogP contribution in [-0.4, -0.2) is 13.2 Å². The van der Waals surface area contributed by atoms with Crippen molar-refractivity contribution in [3.63, 3.8) is 0 Å². The Labute approximate surface area is 142 Å². The summed E-state index contributed by atoms with van der Waals surface area (Å²) < 4.78 is 13.3. The van der Waals surface area contributed by atoms with E-state index in [0.717, 1.165) is 26.0 Å². The highest BCUT2D eigenvalue weighted by atomic mass is 79.9. The number of halogens is 3. The molecule has 0 saturated heterocycles. The van der Waals surface area contributed by atoms with Gasteiger partial charge >= 0.3 is 0 Å². The van der Waals surface area contributed by atoms with Crippen LogP contribution in [0.3, 0.4) is 0 Å². The van der Waals surface area contributed by atoms with Gasteiger partial charge in [-0.3, -0.25) is 0 Å². The molecule has 1 unspecified atom stereocenters. The summed E-state index contributed by atoms with van der Waals surface area (Å²) in [6.45, 7) is 1.22. The van der Waals surface area contributed by atoms with Gasteiger partial charge in [-0.05, 0) is 41.5 Å². The van der Waals surface area contributed by atoms with Crippen LogP contribution < -0.4 is 9.47 Å². The zero-order chi connectivity index (χ0) is 14.1. The van der Waals surface area contributed by atoms with Gasteiger partial charge in [-0.15, -0.1) is 0 Å². The molecule has 0 saturated carbocycles. The highest BCUT2D eigenvalue weighted by Crippen LogP contribution is 2.39. The molecule has 1 aliphatic rings. The fraction of sp³-hybridized carbons (Fsp3) is 0.200. The Morgan fingerprint density at radius 3 is 2.15 bits per heavy atom. The van der Waals surface area contributed by atoms with Crippen molar-refractivity contribution in [1.82, 2.24) is 0 Å². The Kier molecular flexibility index (Phi) is 4.38. The van der Waals surface area contributed by atoms with Crippen molar-refractivity contribution in [2.75, 3.05) is 13.2 Å². The Bertz CT molecular complexity index is 623. The van der Waals surface area contributed by atoms with Crippen molar-refractivity contribution in [1.29, 1.82) is 0 Å². The number of benzene rings is 2. The number of hydrogen-bond donors (Lipinski definition) is 0. The van der Waals surface area contributed by atoms with Gasteiger partial charge in [-0.1, -0.05) is 53.9 Å². The van der Waals surface area contributed by atoms with Gasteiger partial charge in [0.1, 0.15) is 13.2 Å². The van der Waals surface area contributed by atoms with E-state index in [9.17, 15) is 0 Å². The lowest BCUT2D eigenvalue weighted by atomic mass is 10.0. The van der Waals surface area contributed by atoms with Crippen molar-refractivity contribution in [2.45, 2.75) is 4.83 Å². The van der Waals surface area contributed by atoms with Crippen LogP contribution >= 0.6 is 47.8 Å². The molecule has 0 fully saturated rings. The Hall–Kier alpha value is -0.520. The molecule has 1 aliphatic heterocycles. The number of fused-ring (bicyclic) bond motifs is 1. The summed E-state index contributed by atoms with van der Waals surface area (Å²) in [7, 11) is 0. The standard InChI is InChI=1S/C15H11Br3O2/c16-11-5-10(6-12(17)8-11)15(18)9-1-2-13-14(7-9)20-4-3-19-13/h1-2,5-8,15H,3-4H2. The van der Waals surface area contributed by atoms with Gasteiger partial charge in [0.05, 0.1) is 4.83 Å². The zero-order valence-corrected chi connectivity index (χ0v) is 15.2. The molecule has 2 nitrogen and oxygen atoms in total. The average molecular weight is 463 g/mol. The summed E-state index contributed by atoms with van der Waals surface area (Å²) in [4.78, 5) is 0.104. The second-order valence-corrected chi connectivity index (χ2v) is 7.22. The summed E-state index contributed by atoms with van der Waals surface area (Å²) in [5, 5.41) is 0. The van der Waals surface area contributed by atoms with Gasteiger partial charge in [0.2, 0.25) is 0 Å². The predicted molar refractivity (Wildman–Crippen MR) is 90.0 cm³/mol. The Morgan fingerprint density at radius 1 is 0.800 bits per heavy atom. The Balaban J connectivity index is 1.95. The van der Waals surface area contributed by atoms with Gasteiger partial charge in [0.25, 0.3) is 0 Å². The minimum absolute atomic E-state index is 0.104. The third-order valence-corrected chi connectivity index (χ3v) is 5.01. The normalized spacial score (nSPS) is 14.9. The number of ether oxygens (including phenoxy) is 2. The van der Waals surface area contributed by atoms with E-state index >= 15 is 0 Å². The molecule has 1 atom stereocenters. The first-order chi connectivity index (χ1) is 9.63. The minimum atomic E-state index is 0.104. The molecule has 0 N–H and O–H groups in total. The second kappa shape index (κ2) is 6.08. The van der Waals surface area contributed by atoms with Crippen molar-refractivity contribution < 1.29 is 9.47 Å². The van der Waals surface area contributed by atoms with E-state index in [2.05, 4.69) is 66.0 Å². The fourth-order valence-corrected chi connectivity index (χ4v) is 4.01. The lowest BCUT2D eigenvalue weighted by molar-refractivity contribution is 0.171. The van der Waals surface area contributed by atoms with Crippen molar-refractivity contribution in [3.8, 4) is 11.5 Å². The van der Waals surface area contributed by atoms with E-state index < -0.39 is 0 Å². The molecule has 0 spiro atoms. The summed E-state index contributed by atoms with van der Waals surface area (Å²) in [6, 6.07) is 12.3. The fourth-order valence-electron chi connectivity index (χ4n) is 2.13. The van der Waals surface area contributed by atoms with E-state index in [1.807, 2.05) is 18.2 Å². The second-order valence-electron chi connectivity index (χ2n) is 4.47. The molecule has 0 amide bonds. The molecule has 0 radical (unpaired) electrons. The maximum absolute atomic E-state index is 5.63. The SMILES string of the molecule is Brc1cc(Br)cc(C(Br)c2ccc3c(c2)OCCO3)c1. The molecule has 0 aliphatic carbocycles. The molecule has 0 aromatic heterocycles. The summed E-state index contributed by atoms with van der Waals surface area (Å²) in [6.07, 6.45) is 0. The summed E-state index contributed by atoms with van der Waals surface area (Å²) >= 11 is 10.8. The third-order valence-electron chi connectivity index (χ3n) is 3.04. The van der Waals surface area contributed by atoms with Crippen LogP contribution in [0, 0.1) is 0 Å². The molecule has 1 heterocycles. The molecular formula is C15H11Br3O2. The van der Waals surface area contributed by atoms with Gasteiger partial charge in [0.15, 0.2) is 11.5 Å². The topological polar surface area (TPSA) is 18.5 Å². The maximum Gasteiger partial charge on any atom is 0.161 e. The monoisotopic (exact) mass is 460 g/mol. The number of rotatable bonds is 2. The average Bonchev–Trinajstić information content (AvgIpc) is 2.45. The van der Waals surface area contributed by atoms with E-state index in [1.165, 1.54) is 5.56 Å². The van der Waals surface area contributed by atoms with Crippen molar-refractivity contribution in [3.05, 3.63) is 56.5 Å². The molecule has 0 bridgehead atoms. The van der Waals surface area contributed by atoms with Gasteiger partial charge < -0.3 is 9.47 Å². The van der Waals surface area contributed by atoms with Gasteiger partial charge in [-0.2, -0.15) is 0 Å². The molecule has 5 heteroatoms. The van der Waals surface area contributed by atoms with Gasteiger partial charge in [0, 0.05) is 8.95 Å². The van der Waals surface area contributed by atoms with Crippen molar-refractivity contribution in [2.24, 2.45) is 0 Å². The summed E-state index contributed by atoms with van der Waals surface area (Å²) in [5.41, 5.74) is 2.31. The van der Waals surface area contributed by atoms with Crippen LogP contribution in [0.25, 0.3) is 0 Å². The lowest BCUT2D eigenvalue weighted by Gasteiger charge is -2.20. The largest absolute Gasteiger partial charge is 0.486 e. The molecule has 104 valence electrons. The minimum Gasteiger partial charge on any atom is -0.486 e. The van der Waals surface area contributed by atoms with Crippen LogP contribution in [0.5, 0.6) is 11.5 Å². The van der Waals surface area contributed by atoms with Crippen LogP contribution in [0.15, 0.2) is 45.3 Å².